The Labute approximate surface area is 227 Å². The summed E-state index contributed by atoms with van der Waals surface area (Å²) in [6.07, 6.45) is 0. The van der Waals surface area contributed by atoms with Crippen LogP contribution in [0, 0.1) is 0 Å². The molecule has 0 spiro atoms. The lowest BCUT2D eigenvalue weighted by atomic mass is 9.84. The van der Waals surface area contributed by atoms with E-state index in [9.17, 15) is 19.5 Å². The zero-order valence-corrected chi connectivity index (χ0v) is 22.8. The van der Waals surface area contributed by atoms with Crippen molar-refractivity contribution in [2.75, 3.05) is 19.1 Å². The third-order valence-electron chi connectivity index (χ3n) is 6.53. The van der Waals surface area contributed by atoms with Crippen LogP contribution < -0.4 is 19.1 Å². The van der Waals surface area contributed by atoms with Gasteiger partial charge in [0, 0.05) is 23.7 Å². The first-order valence-corrected chi connectivity index (χ1v) is 12.4. The van der Waals surface area contributed by atoms with Crippen molar-refractivity contribution in [2.24, 2.45) is 0 Å². The van der Waals surface area contributed by atoms with Gasteiger partial charge in [-0.25, -0.2) is 0 Å². The maximum absolute atomic E-state index is 13.5. The molecule has 1 aliphatic rings. The molecular formula is C31H31NO7. The Morgan fingerprint density at radius 1 is 0.872 bits per heavy atom. The summed E-state index contributed by atoms with van der Waals surface area (Å²) >= 11 is 0. The van der Waals surface area contributed by atoms with Gasteiger partial charge in [-0.3, -0.25) is 19.3 Å². The molecule has 3 aromatic rings. The lowest BCUT2D eigenvalue weighted by molar-refractivity contribution is -0.132. The molecule has 1 heterocycles. The van der Waals surface area contributed by atoms with Crippen molar-refractivity contribution in [3.63, 3.8) is 0 Å². The van der Waals surface area contributed by atoms with E-state index in [2.05, 4.69) is 0 Å². The van der Waals surface area contributed by atoms with Crippen molar-refractivity contribution in [1.29, 1.82) is 0 Å². The summed E-state index contributed by atoms with van der Waals surface area (Å²) in [6.45, 7) is 7.35. The summed E-state index contributed by atoms with van der Waals surface area (Å²) in [5, 5.41) is 11.6. The first kappa shape index (κ1) is 27.4. The van der Waals surface area contributed by atoms with E-state index in [1.165, 1.54) is 18.9 Å². The summed E-state index contributed by atoms with van der Waals surface area (Å²) in [6, 6.07) is 17.4. The van der Waals surface area contributed by atoms with Crippen LogP contribution in [0.2, 0.25) is 0 Å². The van der Waals surface area contributed by atoms with E-state index < -0.39 is 23.7 Å². The number of carbonyl (C=O) groups excluding carboxylic acids is 3. The van der Waals surface area contributed by atoms with Gasteiger partial charge in [0.2, 0.25) is 0 Å². The molecular weight excluding hydrogens is 498 g/mol. The zero-order chi connectivity index (χ0) is 28.5. The molecule has 1 unspecified atom stereocenters. The number of aliphatic hydroxyl groups is 1. The van der Waals surface area contributed by atoms with Gasteiger partial charge in [-0.2, -0.15) is 0 Å². The molecule has 0 aliphatic carbocycles. The molecule has 202 valence electrons. The SMILES string of the molecule is COc1ccc(N2C(=O)C(=O)/C(=C(\O)c3ccc(OC)c(C(C)(C)C)c3)C2c2ccc(OC(C)=O)cc2)cc1. The van der Waals surface area contributed by atoms with Gasteiger partial charge in [0.15, 0.2) is 0 Å². The van der Waals surface area contributed by atoms with Gasteiger partial charge in [0.1, 0.15) is 23.0 Å². The molecule has 39 heavy (non-hydrogen) atoms. The highest BCUT2D eigenvalue weighted by Gasteiger charge is 2.47. The second kappa shape index (κ2) is 10.6. The number of Topliss-reactive ketones (excluding diaryl/α,β-unsaturated/α-hetero) is 1. The first-order valence-electron chi connectivity index (χ1n) is 12.4. The molecule has 8 heteroatoms. The van der Waals surface area contributed by atoms with Crippen LogP contribution in [-0.4, -0.2) is 37.0 Å². The Kier molecular flexibility index (Phi) is 7.49. The van der Waals surface area contributed by atoms with Crippen molar-refractivity contribution in [1.82, 2.24) is 0 Å². The highest BCUT2D eigenvalue weighted by atomic mass is 16.5. The second-order valence-corrected chi connectivity index (χ2v) is 10.2. The van der Waals surface area contributed by atoms with Crippen LogP contribution in [0.5, 0.6) is 17.2 Å². The minimum Gasteiger partial charge on any atom is -0.507 e. The molecule has 1 N–H and O–H groups in total. The van der Waals surface area contributed by atoms with E-state index in [-0.39, 0.29) is 16.7 Å². The van der Waals surface area contributed by atoms with Crippen molar-refractivity contribution >= 4 is 29.1 Å². The van der Waals surface area contributed by atoms with Gasteiger partial charge in [0.25, 0.3) is 11.7 Å². The van der Waals surface area contributed by atoms with Gasteiger partial charge < -0.3 is 19.3 Å². The van der Waals surface area contributed by atoms with E-state index >= 15 is 0 Å². The van der Waals surface area contributed by atoms with Crippen molar-refractivity contribution in [3.8, 4) is 17.2 Å². The highest BCUT2D eigenvalue weighted by molar-refractivity contribution is 6.51. The number of hydrogen-bond donors (Lipinski definition) is 1. The van der Waals surface area contributed by atoms with E-state index in [0.29, 0.717) is 34.1 Å². The molecule has 0 bridgehead atoms. The maximum Gasteiger partial charge on any atom is 0.308 e. The van der Waals surface area contributed by atoms with Gasteiger partial charge >= 0.3 is 5.97 Å². The number of hydrogen-bond acceptors (Lipinski definition) is 7. The number of methoxy groups -OCH3 is 2. The van der Waals surface area contributed by atoms with Crippen LogP contribution >= 0.6 is 0 Å². The minimum atomic E-state index is -0.940. The Bertz CT molecular complexity index is 1450. The van der Waals surface area contributed by atoms with Gasteiger partial charge in [-0.1, -0.05) is 32.9 Å². The number of anilines is 1. The van der Waals surface area contributed by atoms with Crippen LogP contribution in [-0.2, 0) is 19.8 Å². The number of ketones is 1. The van der Waals surface area contributed by atoms with Crippen molar-refractivity contribution in [2.45, 2.75) is 39.2 Å². The third kappa shape index (κ3) is 5.36. The number of ether oxygens (including phenoxy) is 3. The third-order valence-corrected chi connectivity index (χ3v) is 6.53. The molecule has 1 atom stereocenters. The number of aliphatic hydroxyl groups excluding tert-OH is 1. The molecule has 0 aromatic heterocycles. The predicted octanol–water partition coefficient (Wildman–Crippen LogP) is 5.55. The summed E-state index contributed by atoms with van der Waals surface area (Å²) in [4.78, 5) is 39.7. The summed E-state index contributed by atoms with van der Waals surface area (Å²) in [5.41, 5.74) is 1.85. The number of rotatable bonds is 6. The van der Waals surface area contributed by atoms with E-state index in [0.717, 1.165) is 5.56 Å². The fraction of sp³-hybridized carbons (Fsp3) is 0.258. The lowest BCUT2D eigenvalue weighted by Gasteiger charge is -2.26. The number of benzene rings is 3. The topological polar surface area (TPSA) is 102 Å². The number of amides is 1. The minimum absolute atomic E-state index is 0.0546. The quantitative estimate of drug-likeness (QED) is 0.147. The van der Waals surface area contributed by atoms with Gasteiger partial charge in [0.05, 0.1) is 25.8 Å². The molecule has 4 rings (SSSR count). The Morgan fingerprint density at radius 2 is 1.49 bits per heavy atom. The normalized spacial score (nSPS) is 16.8. The van der Waals surface area contributed by atoms with Gasteiger partial charge in [-0.05, 0) is 65.6 Å². The smallest absolute Gasteiger partial charge is 0.308 e. The molecule has 1 aliphatic heterocycles. The molecule has 1 amide bonds. The average molecular weight is 530 g/mol. The van der Waals surface area contributed by atoms with Crippen LogP contribution in [0.15, 0.2) is 72.3 Å². The van der Waals surface area contributed by atoms with Gasteiger partial charge in [-0.15, -0.1) is 0 Å². The van der Waals surface area contributed by atoms with Crippen LogP contribution in [0.25, 0.3) is 5.76 Å². The summed E-state index contributed by atoms with van der Waals surface area (Å²) in [5.74, 6) is -0.808. The fourth-order valence-electron chi connectivity index (χ4n) is 4.64. The van der Waals surface area contributed by atoms with Crippen LogP contribution in [0.3, 0.4) is 0 Å². The van der Waals surface area contributed by atoms with Crippen LogP contribution in [0.1, 0.15) is 50.4 Å². The number of carbonyl (C=O) groups is 3. The van der Waals surface area contributed by atoms with E-state index in [4.69, 9.17) is 14.2 Å². The molecule has 0 saturated carbocycles. The maximum atomic E-state index is 13.5. The zero-order valence-electron chi connectivity index (χ0n) is 22.8. The highest BCUT2D eigenvalue weighted by Crippen LogP contribution is 2.43. The summed E-state index contributed by atoms with van der Waals surface area (Å²) < 4.78 is 15.9. The molecule has 0 radical (unpaired) electrons. The average Bonchev–Trinajstić information content (AvgIpc) is 3.17. The lowest BCUT2D eigenvalue weighted by Crippen LogP contribution is -2.29. The molecule has 1 saturated heterocycles. The monoisotopic (exact) mass is 529 g/mol. The number of nitrogens with zero attached hydrogens (tertiary/aromatic N) is 1. The standard InChI is InChI=1S/C31H31NO7/c1-18(33)39-23-12-7-19(8-13-23)27-26(28(34)20-9-16-25(38-6)24(17-20)31(2,3)4)29(35)30(36)32(27)21-10-14-22(37-5)15-11-21/h7-17,27,34H,1-6H3/b28-26-. The predicted molar refractivity (Wildman–Crippen MR) is 147 cm³/mol. The van der Waals surface area contributed by atoms with E-state index in [1.807, 2.05) is 20.8 Å². The fourth-order valence-corrected chi connectivity index (χ4v) is 4.64. The van der Waals surface area contributed by atoms with Crippen LogP contribution in [0.4, 0.5) is 5.69 Å². The molecule has 3 aromatic carbocycles. The van der Waals surface area contributed by atoms with Crippen molar-refractivity contribution < 1.29 is 33.7 Å². The second-order valence-electron chi connectivity index (χ2n) is 10.2. The first-order chi connectivity index (χ1) is 18.5. The summed E-state index contributed by atoms with van der Waals surface area (Å²) in [7, 11) is 3.11. The Morgan fingerprint density at radius 3 is 2.03 bits per heavy atom. The Balaban J connectivity index is 1.92. The largest absolute Gasteiger partial charge is 0.507 e. The molecule has 1 fully saturated rings. The number of esters is 1. The Hall–Kier alpha value is -4.59. The van der Waals surface area contributed by atoms with Crippen molar-refractivity contribution in [3.05, 3.63) is 89.0 Å². The van der Waals surface area contributed by atoms with E-state index in [1.54, 1.807) is 73.8 Å². The molecule has 8 nitrogen and oxygen atoms in total.